The summed E-state index contributed by atoms with van der Waals surface area (Å²) in [5.41, 5.74) is 3.72. The summed E-state index contributed by atoms with van der Waals surface area (Å²) < 4.78 is 39.9. The normalized spacial score (nSPS) is 22.9. The summed E-state index contributed by atoms with van der Waals surface area (Å²) in [6.45, 7) is 2.10. The van der Waals surface area contributed by atoms with Crippen LogP contribution in [0.3, 0.4) is 0 Å². The molecule has 0 amide bonds. The molecule has 2 aliphatic rings. The third kappa shape index (κ3) is 5.47. The van der Waals surface area contributed by atoms with E-state index in [1.54, 1.807) is 0 Å². The highest BCUT2D eigenvalue weighted by atomic mass is 19.2. The molecule has 2 aromatic rings. The molecule has 0 spiro atoms. The van der Waals surface area contributed by atoms with Crippen molar-refractivity contribution in [3.8, 4) is 11.8 Å². The van der Waals surface area contributed by atoms with Gasteiger partial charge in [-0.25, -0.2) is 13.2 Å². The fourth-order valence-corrected chi connectivity index (χ4v) is 5.48. The molecule has 2 aliphatic carbocycles. The molecule has 0 aliphatic heterocycles. The van der Waals surface area contributed by atoms with Gasteiger partial charge in [-0.2, -0.15) is 0 Å². The molecule has 3 heteroatoms. The summed E-state index contributed by atoms with van der Waals surface area (Å²) in [7, 11) is 0. The van der Waals surface area contributed by atoms with E-state index in [2.05, 4.69) is 43.0 Å². The van der Waals surface area contributed by atoms with Gasteiger partial charge in [0.25, 0.3) is 0 Å². The van der Waals surface area contributed by atoms with Crippen LogP contribution in [0.4, 0.5) is 13.2 Å². The van der Waals surface area contributed by atoms with Gasteiger partial charge in [0.05, 0.1) is 0 Å². The van der Waals surface area contributed by atoms with Crippen molar-refractivity contribution < 1.29 is 13.2 Å². The second-order valence-corrected chi connectivity index (χ2v) is 9.42. The van der Waals surface area contributed by atoms with E-state index in [-0.39, 0.29) is 5.56 Å². The molecule has 32 heavy (non-hydrogen) atoms. The Kier molecular flexibility index (Phi) is 7.40. The number of rotatable bonds is 4. The predicted octanol–water partition coefficient (Wildman–Crippen LogP) is 7.77. The number of fused-ring (bicyclic) bond motifs is 1. The van der Waals surface area contributed by atoms with Crippen LogP contribution in [0.5, 0.6) is 0 Å². The molecular weight excluding hydrogens is 405 g/mol. The van der Waals surface area contributed by atoms with Crippen LogP contribution in [0.1, 0.15) is 74.1 Å². The van der Waals surface area contributed by atoms with Gasteiger partial charge in [0, 0.05) is 11.1 Å². The maximum atomic E-state index is 13.4. The highest BCUT2D eigenvalue weighted by Crippen LogP contribution is 2.40. The van der Waals surface area contributed by atoms with Crippen molar-refractivity contribution in [2.75, 3.05) is 0 Å². The van der Waals surface area contributed by atoms with Gasteiger partial charge in [-0.3, -0.25) is 0 Å². The number of aryl methyl sites for hydroxylation is 1. The van der Waals surface area contributed by atoms with Crippen molar-refractivity contribution in [3.63, 3.8) is 0 Å². The van der Waals surface area contributed by atoms with Gasteiger partial charge >= 0.3 is 0 Å². The molecule has 0 bridgehead atoms. The third-order valence-corrected chi connectivity index (χ3v) is 7.34. The molecule has 0 aromatic heterocycles. The summed E-state index contributed by atoms with van der Waals surface area (Å²) in [4.78, 5) is 0. The monoisotopic (exact) mass is 436 g/mol. The molecular formula is C29H31F3. The zero-order valence-electron chi connectivity index (χ0n) is 18.8. The van der Waals surface area contributed by atoms with Gasteiger partial charge in [-0.05, 0) is 105 Å². The molecule has 4 rings (SSSR count). The van der Waals surface area contributed by atoms with Crippen molar-refractivity contribution in [2.45, 2.75) is 64.7 Å². The molecule has 0 N–H and O–H groups in total. The van der Waals surface area contributed by atoms with Gasteiger partial charge in [-0.1, -0.05) is 42.9 Å². The summed E-state index contributed by atoms with van der Waals surface area (Å²) in [5.74, 6) is 4.39. The lowest BCUT2D eigenvalue weighted by Gasteiger charge is -2.36. The predicted molar refractivity (Wildman–Crippen MR) is 124 cm³/mol. The summed E-state index contributed by atoms with van der Waals surface area (Å²) in [6.07, 6.45) is 15.9. The van der Waals surface area contributed by atoms with Crippen LogP contribution in [-0.4, -0.2) is 0 Å². The van der Waals surface area contributed by atoms with Crippen molar-refractivity contribution in [1.29, 1.82) is 0 Å². The smallest absolute Gasteiger partial charge is 0.194 e. The maximum Gasteiger partial charge on any atom is 0.194 e. The first-order valence-electron chi connectivity index (χ1n) is 11.9. The highest BCUT2D eigenvalue weighted by Gasteiger charge is 2.30. The minimum atomic E-state index is -1.46. The molecule has 2 aromatic carbocycles. The number of halogens is 3. The van der Waals surface area contributed by atoms with Crippen LogP contribution in [0.15, 0.2) is 42.5 Å². The Labute approximate surface area is 189 Å². The fourth-order valence-electron chi connectivity index (χ4n) is 5.48. The lowest BCUT2D eigenvalue weighted by molar-refractivity contribution is 0.185. The van der Waals surface area contributed by atoms with Gasteiger partial charge in [0.2, 0.25) is 0 Å². The van der Waals surface area contributed by atoms with E-state index in [0.717, 1.165) is 48.3 Å². The molecule has 1 fully saturated rings. The van der Waals surface area contributed by atoms with Crippen LogP contribution in [0.2, 0.25) is 0 Å². The molecule has 0 nitrogen and oxygen atoms in total. The molecule has 0 heterocycles. The van der Waals surface area contributed by atoms with Crippen molar-refractivity contribution in [2.24, 2.45) is 17.8 Å². The molecule has 1 atom stereocenters. The molecule has 1 saturated carbocycles. The SMILES string of the molecule is C/C=C/CCC1CCC(C2CCc3cc(C#Cc4cc(F)c(F)c(F)c4)ccc3C2)CC1. The summed E-state index contributed by atoms with van der Waals surface area (Å²) in [5, 5.41) is 0. The minimum Gasteiger partial charge on any atom is -0.204 e. The highest BCUT2D eigenvalue weighted by molar-refractivity contribution is 5.46. The van der Waals surface area contributed by atoms with E-state index in [4.69, 9.17) is 0 Å². The Morgan fingerprint density at radius 2 is 1.56 bits per heavy atom. The quantitative estimate of drug-likeness (QED) is 0.261. The first kappa shape index (κ1) is 22.7. The van der Waals surface area contributed by atoms with Crippen LogP contribution < -0.4 is 0 Å². The zero-order valence-corrected chi connectivity index (χ0v) is 18.8. The van der Waals surface area contributed by atoms with Crippen molar-refractivity contribution in [1.82, 2.24) is 0 Å². The standard InChI is InChI=1S/C29H31F3/c1-2-3-4-5-20-8-11-23(12-9-20)25-15-14-24-16-21(10-13-26(24)19-25)6-7-22-17-27(30)29(32)28(31)18-22/h2-3,10,13,16-18,20,23,25H,4-5,8-9,11-12,14-15,19H2,1H3/b3-2+. The van der Waals surface area contributed by atoms with Gasteiger partial charge in [0.1, 0.15) is 0 Å². The lowest BCUT2D eigenvalue weighted by atomic mass is 9.69. The fraction of sp³-hybridized carbons (Fsp3) is 0.448. The van der Waals surface area contributed by atoms with E-state index in [9.17, 15) is 13.2 Å². The Bertz CT molecular complexity index is 1010. The average Bonchev–Trinajstić information content (AvgIpc) is 2.81. The molecule has 168 valence electrons. The van der Waals surface area contributed by atoms with Gasteiger partial charge in [0.15, 0.2) is 17.5 Å². The third-order valence-electron chi connectivity index (χ3n) is 7.34. The zero-order chi connectivity index (χ0) is 22.5. The first-order valence-corrected chi connectivity index (χ1v) is 11.9. The maximum absolute atomic E-state index is 13.4. The van der Waals surface area contributed by atoms with Crippen molar-refractivity contribution in [3.05, 3.63) is 82.2 Å². The minimum absolute atomic E-state index is 0.139. The number of allylic oxidation sites excluding steroid dienone is 2. The largest absolute Gasteiger partial charge is 0.204 e. The van der Waals surface area contributed by atoms with Crippen LogP contribution in [0, 0.1) is 47.0 Å². The van der Waals surface area contributed by atoms with E-state index in [1.165, 1.54) is 56.1 Å². The Morgan fingerprint density at radius 3 is 2.28 bits per heavy atom. The molecule has 1 unspecified atom stereocenters. The van der Waals surface area contributed by atoms with E-state index in [0.29, 0.717) is 0 Å². The molecule has 0 radical (unpaired) electrons. The average molecular weight is 437 g/mol. The number of hydrogen-bond donors (Lipinski definition) is 0. The second kappa shape index (κ2) is 10.4. The first-order chi connectivity index (χ1) is 15.5. The van der Waals surface area contributed by atoms with E-state index in [1.807, 2.05) is 6.07 Å². The summed E-state index contributed by atoms with van der Waals surface area (Å²) >= 11 is 0. The Balaban J connectivity index is 1.36. The van der Waals surface area contributed by atoms with Gasteiger partial charge < -0.3 is 0 Å². The summed E-state index contributed by atoms with van der Waals surface area (Å²) in [6, 6.07) is 8.13. The van der Waals surface area contributed by atoms with E-state index >= 15 is 0 Å². The van der Waals surface area contributed by atoms with Crippen LogP contribution in [0.25, 0.3) is 0 Å². The van der Waals surface area contributed by atoms with Crippen LogP contribution >= 0.6 is 0 Å². The number of hydrogen-bond acceptors (Lipinski definition) is 0. The van der Waals surface area contributed by atoms with Crippen molar-refractivity contribution >= 4 is 0 Å². The number of benzene rings is 2. The van der Waals surface area contributed by atoms with Gasteiger partial charge in [-0.15, -0.1) is 0 Å². The van der Waals surface area contributed by atoms with Crippen LogP contribution in [-0.2, 0) is 12.8 Å². The van der Waals surface area contributed by atoms with E-state index < -0.39 is 17.5 Å². The second-order valence-electron chi connectivity index (χ2n) is 9.42. The Morgan fingerprint density at radius 1 is 0.844 bits per heavy atom. The Hall–Kier alpha value is -2.47. The topological polar surface area (TPSA) is 0 Å². The molecule has 0 saturated heterocycles. The lowest BCUT2D eigenvalue weighted by Crippen LogP contribution is -2.26.